The summed E-state index contributed by atoms with van der Waals surface area (Å²) in [5.41, 5.74) is 6.88. The second-order valence-corrected chi connectivity index (χ2v) is 4.18. The molecule has 3 N–H and O–H groups in total. The maximum atomic E-state index is 10.9. The lowest BCUT2D eigenvalue weighted by Gasteiger charge is -2.06. The fourth-order valence-electron chi connectivity index (χ4n) is 1.66. The maximum absolute atomic E-state index is 10.9. The summed E-state index contributed by atoms with van der Waals surface area (Å²) in [5.74, 6) is 0.824. The van der Waals surface area contributed by atoms with Gasteiger partial charge in [-0.2, -0.15) is 5.10 Å². The van der Waals surface area contributed by atoms with Gasteiger partial charge in [0.15, 0.2) is 0 Å². The molecule has 1 heterocycles. The molecule has 1 aromatic heterocycles. The lowest BCUT2D eigenvalue weighted by Crippen LogP contribution is -2.05. The van der Waals surface area contributed by atoms with Gasteiger partial charge in [0.25, 0.3) is 5.56 Å². The lowest BCUT2D eigenvalue weighted by molar-refractivity contribution is 0.308. The Morgan fingerprint density at radius 3 is 2.45 bits per heavy atom. The second-order valence-electron chi connectivity index (χ2n) is 4.18. The third-order valence-electron chi connectivity index (χ3n) is 2.70. The summed E-state index contributed by atoms with van der Waals surface area (Å²) in [7, 11) is 0. The largest absolute Gasteiger partial charge is 0.494 e. The van der Waals surface area contributed by atoms with Gasteiger partial charge in [0.1, 0.15) is 5.75 Å². The number of nitrogens with zero attached hydrogens (tertiary/aromatic N) is 1. The number of benzene rings is 1. The Labute approximate surface area is 127 Å². The highest BCUT2D eigenvalue weighted by molar-refractivity contribution is 8.93. The van der Waals surface area contributed by atoms with Gasteiger partial charge in [-0.15, -0.1) is 17.0 Å². The van der Waals surface area contributed by atoms with Crippen LogP contribution in [0, 0.1) is 0 Å². The normalized spacial score (nSPS) is 9.85. The van der Waals surface area contributed by atoms with Crippen LogP contribution in [0.4, 0.5) is 0 Å². The highest BCUT2D eigenvalue weighted by atomic mass is 79.9. The molecule has 0 fully saturated rings. The summed E-state index contributed by atoms with van der Waals surface area (Å²) < 4.78 is 5.58. The first-order valence-corrected chi connectivity index (χ1v) is 6.28. The highest BCUT2D eigenvalue weighted by Gasteiger charge is 2.00. The van der Waals surface area contributed by atoms with Crippen molar-refractivity contribution in [3.8, 4) is 17.0 Å². The number of ether oxygens (including phenoxy) is 1. The average Bonchev–Trinajstić information content (AvgIpc) is 2.45. The average molecular weight is 340 g/mol. The molecular formula is C14H18BrN3O2. The van der Waals surface area contributed by atoms with Crippen molar-refractivity contribution in [3.05, 3.63) is 46.8 Å². The summed E-state index contributed by atoms with van der Waals surface area (Å²) in [6.07, 6.45) is 1.93. The number of hydrogen-bond acceptors (Lipinski definition) is 4. The Balaban J connectivity index is 0.00000200. The minimum Gasteiger partial charge on any atom is -0.494 e. The first-order chi connectivity index (χ1) is 9.29. The Hall–Kier alpha value is -1.66. The van der Waals surface area contributed by atoms with E-state index in [4.69, 9.17) is 10.5 Å². The minimum absolute atomic E-state index is 0. The molecule has 0 saturated heterocycles. The van der Waals surface area contributed by atoms with E-state index in [9.17, 15) is 4.79 Å². The molecule has 1 aromatic carbocycles. The van der Waals surface area contributed by atoms with E-state index < -0.39 is 0 Å². The van der Waals surface area contributed by atoms with Gasteiger partial charge in [0, 0.05) is 11.6 Å². The smallest absolute Gasteiger partial charge is 0.264 e. The van der Waals surface area contributed by atoms with Crippen molar-refractivity contribution in [3.63, 3.8) is 0 Å². The van der Waals surface area contributed by atoms with Gasteiger partial charge in [-0.05, 0) is 49.7 Å². The van der Waals surface area contributed by atoms with E-state index in [-0.39, 0.29) is 22.5 Å². The number of aromatic nitrogens is 2. The molecule has 0 bridgehead atoms. The van der Waals surface area contributed by atoms with Crippen molar-refractivity contribution >= 4 is 17.0 Å². The molecule has 0 spiro atoms. The molecule has 0 radical (unpaired) electrons. The molecule has 108 valence electrons. The number of aromatic amines is 1. The number of halogens is 1. The number of unbranched alkanes of at least 4 members (excludes halogenated alkanes) is 1. The number of rotatable bonds is 6. The third kappa shape index (κ3) is 4.79. The van der Waals surface area contributed by atoms with E-state index in [2.05, 4.69) is 10.2 Å². The summed E-state index contributed by atoms with van der Waals surface area (Å²) in [4.78, 5) is 10.9. The van der Waals surface area contributed by atoms with Crippen LogP contribution in [0.5, 0.6) is 5.75 Å². The molecule has 6 heteroatoms. The molecule has 0 saturated carbocycles. The van der Waals surface area contributed by atoms with Crippen molar-refractivity contribution in [1.82, 2.24) is 10.2 Å². The van der Waals surface area contributed by atoms with Gasteiger partial charge in [0.05, 0.1) is 12.3 Å². The van der Waals surface area contributed by atoms with E-state index in [0.717, 1.165) is 29.8 Å². The zero-order valence-electron chi connectivity index (χ0n) is 11.0. The zero-order valence-corrected chi connectivity index (χ0v) is 12.8. The standard InChI is InChI=1S/C14H17N3O2.BrH/c15-9-1-2-10-19-12-5-3-11(4-6-12)13-7-8-14(18)17-16-13;/h3-8H,1-2,9-10,15H2,(H,17,18);1H. The van der Waals surface area contributed by atoms with Gasteiger partial charge in [-0.1, -0.05) is 0 Å². The van der Waals surface area contributed by atoms with E-state index >= 15 is 0 Å². The third-order valence-corrected chi connectivity index (χ3v) is 2.70. The molecule has 2 aromatic rings. The van der Waals surface area contributed by atoms with Crippen molar-refractivity contribution in [1.29, 1.82) is 0 Å². The number of nitrogens with two attached hydrogens (primary N) is 1. The molecule has 0 atom stereocenters. The molecule has 5 nitrogen and oxygen atoms in total. The molecule has 0 aliphatic rings. The first-order valence-electron chi connectivity index (χ1n) is 6.28. The first kappa shape index (κ1) is 16.4. The Bertz CT molecular complexity index is 549. The van der Waals surface area contributed by atoms with Crippen molar-refractivity contribution in [2.45, 2.75) is 12.8 Å². The fourth-order valence-corrected chi connectivity index (χ4v) is 1.66. The van der Waals surface area contributed by atoms with Crippen LogP contribution < -0.4 is 16.0 Å². The fraction of sp³-hybridized carbons (Fsp3) is 0.286. The van der Waals surface area contributed by atoms with Crippen LogP contribution in [0.2, 0.25) is 0 Å². The Morgan fingerprint density at radius 1 is 1.10 bits per heavy atom. The molecule has 2 rings (SSSR count). The van der Waals surface area contributed by atoms with Crippen LogP contribution >= 0.6 is 17.0 Å². The van der Waals surface area contributed by atoms with Crippen LogP contribution in [0.15, 0.2) is 41.2 Å². The zero-order chi connectivity index (χ0) is 13.5. The molecule has 0 aliphatic heterocycles. The summed E-state index contributed by atoms with van der Waals surface area (Å²) in [6.45, 7) is 1.37. The predicted octanol–water partition coefficient (Wildman–Crippen LogP) is 2.13. The van der Waals surface area contributed by atoms with Crippen molar-refractivity contribution in [2.24, 2.45) is 5.73 Å². The van der Waals surface area contributed by atoms with E-state index in [0.29, 0.717) is 13.2 Å². The quantitative estimate of drug-likeness (QED) is 0.790. The van der Waals surface area contributed by atoms with Gasteiger partial charge < -0.3 is 10.5 Å². The van der Waals surface area contributed by atoms with Crippen LogP contribution in [0.3, 0.4) is 0 Å². The predicted molar refractivity (Wildman–Crippen MR) is 84.4 cm³/mol. The molecule has 0 unspecified atom stereocenters. The van der Waals surface area contributed by atoms with E-state index in [1.165, 1.54) is 6.07 Å². The maximum Gasteiger partial charge on any atom is 0.264 e. The summed E-state index contributed by atoms with van der Waals surface area (Å²) in [6, 6.07) is 10.8. The molecular weight excluding hydrogens is 322 g/mol. The Morgan fingerprint density at radius 2 is 1.85 bits per heavy atom. The Kier molecular flexibility index (Phi) is 6.97. The van der Waals surface area contributed by atoms with Crippen LogP contribution in [-0.4, -0.2) is 23.3 Å². The van der Waals surface area contributed by atoms with E-state index in [1.807, 2.05) is 24.3 Å². The number of hydrogen-bond donors (Lipinski definition) is 2. The molecule has 0 aliphatic carbocycles. The minimum atomic E-state index is -0.205. The van der Waals surface area contributed by atoms with Crippen molar-refractivity contribution < 1.29 is 4.74 Å². The monoisotopic (exact) mass is 339 g/mol. The second kappa shape index (κ2) is 8.50. The van der Waals surface area contributed by atoms with Gasteiger partial charge in [-0.25, -0.2) is 5.10 Å². The lowest BCUT2D eigenvalue weighted by atomic mass is 10.1. The van der Waals surface area contributed by atoms with Gasteiger partial charge in [-0.3, -0.25) is 4.79 Å². The van der Waals surface area contributed by atoms with Crippen LogP contribution in [0.1, 0.15) is 12.8 Å². The summed E-state index contributed by atoms with van der Waals surface area (Å²) in [5, 5.41) is 6.39. The summed E-state index contributed by atoms with van der Waals surface area (Å²) >= 11 is 0. The number of nitrogens with one attached hydrogen (secondary N) is 1. The topological polar surface area (TPSA) is 81.0 Å². The van der Waals surface area contributed by atoms with Gasteiger partial charge >= 0.3 is 0 Å². The van der Waals surface area contributed by atoms with Crippen LogP contribution in [-0.2, 0) is 0 Å². The van der Waals surface area contributed by atoms with Crippen molar-refractivity contribution in [2.75, 3.05) is 13.2 Å². The highest BCUT2D eigenvalue weighted by Crippen LogP contribution is 2.19. The SMILES string of the molecule is Br.NCCCCOc1ccc(-c2ccc(=O)[nH]n2)cc1. The molecule has 20 heavy (non-hydrogen) atoms. The van der Waals surface area contributed by atoms with Gasteiger partial charge in [0.2, 0.25) is 0 Å². The van der Waals surface area contributed by atoms with Crippen LogP contribution in [0.25, 0.3) is 11.3 Å². The molecule has 0 amide bonds. The van der Waals surface area contributed by atoms with E-state index in [1.54, 1.807) is 6.07 Å². The number of H-pyrrole nitrogens is 1.